The van der Waals surface area contributed by atoms with Crippen molar-refractivity contribution in [3.05, 3.63) is 78.2 Å². The summed E-state index contributed by atoms with van der Waals surface area (Å²) in [7, 11) is -3.52. The van der Waals surface area contributed by atoms with E-state index in [4.69, 9.17) is 0 Å². The summed E-state index contributed by atoms with van der Waals surface area (Å²) in [5.74, 6) is 0.446. The Balaban J connectivity index is 1.15. The van der Waals surface area contributed by atoms with Crippen molar-refractivity contribution in [3.8, 4) is 0 Å². The lowest BCUT2D eigenvalue weighted by atomic mass is 10.1. The Morgan fingerprint density at radius 2 is 1.68 bits per heavy atom. The van der Waals surface area contributed by atoms with Gasteiger partial charge in [-0.3, -0.25) is 4.79 Å². The summed E-state index contributed by atoms with van der Waals surface area (Å²) < 4.78 is 28.9. The van der Waals surface area contributed by atoms with E-state index in [1.807, 2.05) is 18.2 Å². The number of aromatic nitrogens is 4. The topological polar surface area (TPSA) is 122 Å². The van der Waals surface area contributed by atoms with E-state index in [0.29, 0.717) is 37.4 Å². The molecular formula is C27H31N7O3S. The highest BCUT2D eigenvalue weighted by molar-refractivity contribution is 7.89. The van der Waals surface area contributed by atoms with Crippen LogP contribution in [0.25, 0.3) is 11.0 Å². The third kappa shape index (κ3) is 5.84. The lowest BCUT2D eigenvalue weighted by Gasteiger charge is -2.25. The summed E-state index contributed by atoms with van der Waals surface area (Å²) in [6.45, 7) is 2.59. The molecular weight excluding hydrogens is 502 g/mol. The number of hydrogen-bond donors (Lipinski definition) is 2. The summed E-state index contributed by atoms with van der Waals surface area (Å²) in [4.78, 5) is 21.6. The van der Waals surface area contributed by atoms with Crippen LogP contribution in [0.5, 0.6) is 0 Å². The van der Waals surface area contributed by atoms with E-state index in [-0.39, 0.29) is 10.8 Å². The molecule has 1 fully saturated rings. The first-order valence-corrected chi connectivity index (χ1v) is 14.3. The molecule has 4 aromatic rings. The molecule has 1 aliphatic heterocycles. The van der Waals surface area contributed by atoms with Crippen LogP contribution in [0.2, 0.25) is 0 Å². The van der Waals surface area contributed by atoms with Gasteiger partial charge in [0.1, 0.15) is 12.1 Å². The van der Waals surface area contributed by atoms with Crippen molar-refractivity contribution >= 4 is 32.8 Å². The van der Waals surface area contributed by atoms with Gasteiger partial charge in [0.15, 0.2) is 5.65 Å². The second kappa shape index (κ2) is 11.7. The first kappa shape index (κ1) is 25.8. The molecule has 38 heavy (non-hydrogen) atoms. The maximum atomic E-state index is 12.8. The van der Waals surface area contributed by atoms with E-state index >= 15 is 0 Å². The zero-order valence-corrected chi connectivity index (χ0v) is 21.9. The van der Waals surface area contributed by atoms with Gasteiger partial charge in [0.25, 0.3) is 5.91 Å². The number of rotatable bonds is 10. The summed E-state index contributed by atoms with van der Waals surface area (Å²) in [6.07, 6.45) is 6.91. The summed E-state index contributed by atoms with van der Waals surface area (Å²) >= 11 is 0. The van der Waals surface area contributed by atoms with Crippen LogP contribution in [0.3, 0.4) is 0 Å². The van der Waals surface area contributed by atoms with Crippen LogP contribution in [-0.2, 0) is 23.0 Å². The monoisotopic (exact) mass is 533 g/mol. The fraction of sp³-hybridized carbons (Fsp3) is 0.333. The van der Waals surface area contributed by atoms with Crippen molar-refractivity contribution in [2.75, 3.05) is 31.5 Å². The Morgan fingerprint density at radius 3 is 2.45 bits per heavy atom. The SMILES string of the molecule is O=C(NCCn1ncc2c(NCCc3ccccc3)ncnc21)c1ccc(S(=O)(=O)N2CCCCC2)cc1. The molecule has 2 aromatic heterocycles. The summed E-state index contributed by atoms with van der Waals surface area (Å²) in [6, 6.07) is 16.3. The highest BCUT2D eigenvalue weighted by atomic mass is 32.2. The lowest BCUT2D eigenvalue weighted by Crippen LogP contribution is -2.35. The van der Waals surface area contributed by atoms with Crippen LogP contribution in [0.4, 0.5) is 5.82 Å². The molecule has 2 aromatic carbocycles. The van der Waals surface area contributed by atoms with E-state index in [0.717, 1.165) is 43.4 Å². The molecule has 1 aliphatic rings. The van der Waals surface area contributed by atoms with Crippen LogP contribution in [0, 0.1) is 0 Å². The van der Waals surface area contributed by atoms with Gasteiger partial charge < -0.3 is 10.6 Å². The van der Waals surface area contributed by atoms with Crippen LogP contribution in [0.1, 0.15) is 35.2 Å². The third-order valence-electron chi connectivity index (χ3n) is 6.66. The molecule has 198 valence electrons. The number of nitrogens with one attached hydrogen (secondary N) is 2. The van der Waals surface area contributed by atoms with Gasteiger partial charge in [0, 0.05) is 31.7 Å². The zero-order valence-electron chi connectivity index (χ0n) is 21.1. The van der Waals surface area contributed by atoms with Gasteiger partial charge in [-0.15, -0.1) is 0 Å². The summed E-state index contributed by atoms with van der Waals surface area (Å²) in [5.41, 5.74) is 2.33. The number of carbonyl (C=O) groups is 1. The number of piperidine rings is 1. The highest BCUT2D eigenvalue weighted by Gasteiger charge is 2.26. The predicted octanol–water partition coefficient (Wildman–Crippen LogP) is 3.09. The van der Waals surface area contributed by atoms with Gasteiger partial charge in [-0.2, -0.15) is 9.40 Å². The number of carbonyl (C=O) groups excluding carboxylic acids is 1. The minimum atomic E-state index is -3.52. The second-order valence-corrected chi connectivity index (χ2v) is 11.2. The van der Waals surface area contributed by atoms with E-state index in [1.54, 1.807) is 23.0 Å². The van der Waals surface area contributed by atoms with Crippen molar-refractivity contribution in [1.29, 1.82) is 0 Å². The van der Waals surface area contributed by atoms with Crippen LogP contribution >= 0.6 is 0 Å². The minimum Gasteiger partial charge on any atom is -0.369 e. The molecule has 0 atom stereocenters. The number of amides is 1. The molecule has 1 saturated heterocycles. The van der Waals surface area contributed by atoms with Gasteiger partial charge in [-0.1, -0.05) is 36.8 Å². The molecule has 0 saturated carbocycles. The Hall–Kier alpha value is -3.83. The number of fused-ring (bicyclic) bond motifs is 1. The Labute approximate surface area is 222 Å². The molecule has 0 bridgehead atoms. The van der Waals surface area contributed by atoms with Gasteiger partial charge in [0.2, 0.25) is 10.0 Å². The first-order chi connectivity index (χ1) is 18.5. The lowest BCUT2D eigenvalue weighted by molar-refractivity contribution is 0.0952. The van der Waals surface area contributed by atoms with E-state index in [9.17, 15) is 13.2 Å². The van der Waals surface area contributed by atoms with E-state index in [1.165, 1.54) is 28.3 Å². The standard InChI is InChI=1S/C27H31N7O3S/c35-27(22-9-11-23(12-10-22)38(36,37)33-16-5-2-6-17-33)29-15-18-34-26-24(19-32-34)25(30-20-31-26)28-14-13-21-7-3-1-4-8-21/h1,3-4,7-12,19-20H,2,5-6,13-18H2,(H,29,35)(H,28,30,31). The van der Waals surface area contributed by atoms with Gasteiger partial charge in [0.05, 0.1) is 23.0 Å². The van der Waals surface area contributed by atoms with Crippen molar-refractivity contribution in [2.45, 2.75) is 37.1 Å². The molecule has 10 nitrogen and oxygen atoms in total. The molecule has 0 spiro atoms. The fourth-order valence-electron chi connectivity index (χ4n) is 4.58. The number of hydrogen-bond acceptors (Lipinski definition) is 7. The zero-order chi connectivity index (χ0) is 26.4. The molecule has 0 radical (unpaired) electrons. The number of benzene rings is 2. The largest absolute Gasteiger partial charge is 0.369 e. The maximum absolute atomic E-state index is 12.8. The third-order valence-corrected chi connectivity index (χ3v) is 8.57. The molecule has 5 rings (SSSR count). The normalized spacial score (nSPS) is 14.4. The fourth-order valence-corrected chi connectivity index (χ4v) is 6.09. The van der Waals surface area contributed by atoms with Crippen LogP contribution in [0.15, 0.2) is 72.0 Å². The molecule has 3 heterocycles. The van der Waals surface area contributed by atoms with Gasteiger partial charge >= 0.3 is 0 Å². The van der Waals surface area contributed by atoms with Crippen molar-refractivity contribution < 1.29 is 13.2 Å². The first-order valence-electron chi connectivity index (χ1n) is 12.8. The van der Waals surface area contributed by atoms with Crippen molar-refractivity contribution in [1.82, 2.24) is 29.4 Å². The van der Waals surface area contributed by atoms with Crippen LogP contribution < -0.4 is 10.6 Å². The predicted molar refractivity (Wildman–Crippen MR) is 145 cm³/mol. The molecule has 2 N–H and O–H groups in total. The summed E-state index contributed by atoms with van der Waals surface area (Å²) in [5, 5.41) is 11.5. The average Bonchev–Trinajstić information content (AvgIpc) is 3.38. The molecule has 1 amide bonds. The van der Waals surface area contributed by atoms with Crippen molar-refractivity contribution in [2.24, 2.45) is 0 Å². The van der Waals surface area contributed by atoms with Crippen molar-refractivity contribution in [3.63, 3.8) is 0 Å². The van der Waals surface area contributed by atoms with Gasteiger partial charge in [-0.05, 0) is 49.1 Å². The quantitative estimate of drug-likeness (QED) is 0.321. The maximum Gasteiger partial charge on any atom is 0.251 e. The van der Waals surface area contributed by atoms with E-state index in [2.05, 4.69) is 37.8 Å². The second-order valence-electron chi connectivity index (χ2n) is 9.23. The molecule has 11 heteroatoms. The Morgan fingerprint density at radius 1 is 0.921 bits per heavy atom. The molecule has 0 aliphatic carbocycles. The number of sulfonamides is 1. The van der Waals surface area contributed by atoms with Gasteiger partial charge in [-0.25, -0.2) is 23.1 Å². The number of anilines is 1. The highest BCUT2D eigenvalue weighted by Crippen LogP contribution is 2.21. The minimum absolute atomic E-state index is 0.215. The smallest absolute Gasteiger partial charge is 0.251 e. The van der Waals surface area contributed by atoms with Crippen LogP contribution in [-0.4, -0.2) is 64.6 Å². The van der Waals surface area contributed by atoms with E-state index < -0.39 is 10.0 Å². The average molecular weight is 534 g/mol. The Kier molecular flexibility index (Phi) is 7.94. The Bertz CT molecular complexity index is 1480. The molecule has 0 unspecified atom stereocenters. The number of nitrogens with zero attached hydrogens (tertiary/aromatic N) is 5.